The monoisotopic (exact) mass is 513 g/mol. The van der Waals surface area contributed by atoms with E-state index in [0.29, 0.717) is 6.42 Å². The number of aryl methyl sites for hydroxylation is 1. The molecule has 11 nitrogen and oxygen atoms in total. The van der Waals surface area contributed by atoms with Crippen molar-refractivity contribution in [2.45, 2.75) is 81.7 Å². The zero-order chi connectivity index (χ0) is 24.5. The average Bonchev–Trinajstić information content (AvgIpc) is 2.75. The second kappa shape index (κ2) is 14.8. The van der Waals surface area contributed by atoms with E-state index in [1.807, 2.05) is 18.2 Å². The molecule has 0 spiro atoms. The van der Waals surface area contributed by atoms with Crippen LogP contribution in [0, 0.1) is 0 Å². The predicted octanol–water partition coefficient (Wildman–Crippen LogP) is -2.92. The van der Waals surface area contributed by atoms with Gasteiger partial charge in [-0.2, -0.15) is 0 Å². The van der Waals surface area contributed by atoms with Gasteiger partial charge in [-0.05, 0) is 24.8 Å². The van der Waals surface area contributed by atoms with E-state index in [0.717, 1.165) is 38.5 Å². The van der Waals surface area contributed by atoms with E-state index in [-0.39, 0.29) is 36.0 Å². The summed E-state index contributed by atoms with van der Waals surface area (Å²) in [4.78, 5) is 12.2. The first-order valence-electron chi connectivity index (χ1n) is 10.9. The quantitative estimate of drug-likeness (QED) is 0.0528. The largest absolute Gasteiger partial charge is 1.00 e. The van der Waals surface area contributed by atoms with E-state index < -0.39 is 53.3 Å². The van der Waals surface area contributed by atoms with Gasteiger partial charge < -0.3 is 29.3 Å². The van der Waals surface area contributed by atoms with Crippen molar-refractivity contribution in [2.24, 2.45) is 5.73 Å². The van der Waals surface area contributed by atoms with Crippen molar-refractivity contribution in [3.05, 3.63) is 35.9 Å². The second-order valence-corrected chi connectivity index (χ2v) is 9.07. The van der Waals surface area contributed by atoms with Gasteiger partial charge >= 0.3 is 35.5 Å². The van der Waals surface area contributed by atoms with Crippen LogP contribution >= 0.6 is 0 Å². The van der Waals surface area contributed by atoms with E-state index in [2.05, 4.69) is 16.3 Å². The van der Waals surface area contributed by atoms with Gasteiger partial charge in [0.1, 0.15) is 12.2 Å². The van der Waals surface area contributed by atoms with Crippen molar-refractivity contribution in [1.82, 2.24) is 0 Å². The molecule has 188 valence electrons. The zero-order valence-electron chi connectivity index (χ0n) is 19.2. The molecular formula is C21H32NNaO10S. The number of esters is 1. The van der Waals surface area contributed by atoms with Crippen molar-refractivity contribution in [3.8, 4) is 0 Å². The van der Waals surface area contributed by atoms with E-state index in [1.54, 1.807) is 0 Å². The molecule has 0 amide bonds. The SMILES string of the molecule is NC1(O)O[C@H](CO)[C@@H](OS(=O)(=O)[O-])[C@H](OC(=O)CCCCCCCCc2ccccc2)[C@H]1O.[Na+]. The Balaban J connectivity index is 0.00000578. The van der Waals surface area contributed by atoms with Crippen LogP contribution in [0.15, 0.2) is 30.3 Å². The molecule has 2 rings (SSSR count). The Kier molecular flexibility index (Phi) is 13.7. The van der Waals surface area contributed by atoms with Crippen molar-refractivity contribution >= 4 is 16.4 Å². The number of ether oxygens (including phenoxy) is 2. The zero-order valence-corrected chi connectivity index (χ0v) is 22.1. The maximum atomic E-state index is 12.2. The Morgan fingerprint density at radius 2 is 1.68 bits per heavy atom. The van der Waals surface area contributed by atoms with E-state index in [1.165, 1.54) is 5.56 Å². The first-order valence-corrected chi connectivity index (χ1v) is 12.2. The minimum absolute atomic E-state index is 0. The van der Waals surface area contributed by atoms with Crippen LogP contribution in [0.1, 0.15) is 50.5 Å². The molecule has 5 N–H and O–H groups in total. The molecule has 1 aliphatic rings. The summed E-state index contributed by atoms with van der Waals surface area (Å²) >= 11 is 0. The summed E-state index contributed by atoms with van der Waals surface area (Å²) in [6.45, 7) is -0.926. The van der Waals surface area contributed by atoms with Crippen LogP contribution in [-0.4, -0.2) is 71.2 Å². The number of benzene rings is 1. The summed E-state index contributed by atoms with van der Waals surface area (Å²) < 4.78 is 47.3. The minimum Gasteiger partial charge on any atom is -0.726 e. The fourth-order valence-electron chi connectivity index (χ4n) is 3.69. The van der Waals surface area contributed by atoms with Gasteiger partial charge in [-0.15, -0.1) is 0 Å². The van der Waals surface area contributed by atoms with Gasteiger partial charge in [0.2, 0.25) is 10.4 Å². The van der Waals surface area contributed by atoms with Gasteiger partial charge in [0.15, 0.2) is 12.2 Å². The van der Waals surface area contributed by atoms with Crippen LogP contribution < -0.4 is 35.3 Å². The maximum absolute atomic E-state index is 12.2. The smallest absolute Gasteiger partial charge is 0.726 e. The number of carbonyl (C=O) groups is 1. The maximum Gasteiger partial charge on any atom is 1.00 e. The first kappa shape index (κ1) is 31.4. The predicted molar refractivity (Wildman–Crippen MR) is 114 cm³/mol. The Hall–Kier alpha value is -0.640. The second-order valence-electron chi connectivity index (χ2n) is 8.07. The van der Waals surface area contributed by atoms with Gasteiger partial charge in [-0.25, -0.2) is 8.42 Å². The third-order valence-electron chi connectivity index (χ3n) is 5.38. The average molecular weight is 514 g/mol. The topological polar surface area (TPSA) is 189 Å². The molecule has 0 aliphatic carbocycles. The number of aliphatic hydroxyl groups excluding tert-OH is 2. The van der Waals surface area contributed by atoms with Crippen molar-refractivity contribution in [1.29, 1.82) is 0 Å². The third kappa shape index (κ3) is 10.5. The molecule has 1 aromatic rings. The van der Waals surface area contributed by atoms with Gasteiger partial charge in [-0.1, -0.05) is 56.0 Å². The molecule has 1 saturated heterocycles. The standard InChI is InChI=1S/C21H33NO10S.Na/c22-21(26)20(25)19(18(16(14-23)31-21)32-33(27,28)29)30-17(24)13-9-4-2-1-3-6-10-15-11-7-5-8-12-15;/h5,7-8,11-12,16,18-20,23,25-26H,1-4,6,9-10,13-14,22H2,(H,27,28,29);/q;+1/p-1/t16-,18-,19+,20-,21?;/m1./s1. The molecule has 0 saturated carbocycles. The summed E-state index contributed by atoms with van der Waals surface area (Å²) in [6.07, 6.45) is -1.22. The van der Waals surface area contributed by atoms with E-state index in [9.17, 15) is 33.1 Å². The van der Waals surface area contributed by atoms with Gasteiger partial charge in [0.05, 0.1) is 6.61 Å². The van der Waals surface area contributed by atoms with Crippen LogP contribution in [0.3, 0.4) is 0 Å². The summed E-state index contributed by atoms with van der Waals surface area (Å²) in [6, 6.07) is 10.2. The van der Waals surface area contributed by atoms with Gasteiger partial charge in [0.25, 0.3) is 5.91 Å². The Morgan fingerprint density at radius 1 is 1.09 bits per heavy atom. The third-order valence-corrected chi connectivity index (χ3v) is 5.84. The molecule has 1 fully saturated rings. The van der Waals surface area contributed by atoms with E-state index >= 15 is 0 Å². The molecule has 0 bridgehead atoms. The molecule has 1 heterocycles. The molecular weight excluding hydrogens is 481 g/mol. The first-order chi connectivity index (χ1) is 15.5. The van der Waals surface area contributed by atoms with Crippen LogP contribution in [0.2, 0.25) is 0 Å². The number of hydrogen-bond acceptors (Lipinski definition) is 11. The van der Waals surface area contributed by atoms with Crippen molar-refractivity contribution in [2.75, 3.05) is 6.61 Å². The van der Waals surface area contributed by atoms with Gasteiger partial charge in [0, 0.05) is 6.42 Å². The number of rotatable bonds is 13. The fraction of sp³-hybridized carbons (Fsp3) is 0.667. The number of unbranched alkanes of at least 4 members (excludes halogenated alkanes) is 5. The number of nitrogens with two attached hydrogens (primary N) is 1. The number of carbonyl (C=O) groups excluding carboxylic acids is 1. The Labute approximate surface area is 221 Å². The molecule has 1 aliphatic heterocycles. The summed E-state index contributed by atoms with van der Waals surface area (Å²) in [5.41, 5.74) is 6.70. The molecule has 1 aromatic carbocycles. The Morgan fingerprint density at radius 3 is 2.26 bits per heavy atom. The summed E-state index contributed by atoms with van der Waals surface area (Å²) in [5.74, 6) is -3.57. The van der Waals surface area contributed by atoms with Crippen molar-refractivity contribution in [3.63, 3.8) is 0 Å². The summed E-state index contributed by atoms with van der Waals surface area (Å²) in [5, 5.41) is 29.5. The fourth-order valence-corrected chi connectivity index (χ4v) is 4.20. The molecule has 13 heteroatoms. The number of aliphatic hydroxyl groups is 3. The van der Waals surface area contributed by atoms with Crippen LogP contribution in [-0.2, 0) is 35.3 Å². The molecule has 5 atom stereocenters. The summed E-state index contributed by atoms with van der Waals surface area (Å²) in [7, 11) is -5.31. The number of hydrogen-bond donors (Lipinski definition) is 4. The normalized spacial score (nSPS) is 27.1. The Bertz CT molecular complexity index is 839. The van der Waals surface area contributed by atoms with Crippen LogP contribution in [0.4, 0.5) is 0 Å². The minimum atomic E-state index is -5.31. The van der Waals surface area contributed by atoms with Crippen LogP contribution in [0.5, 0.6) is 0 Å². The van der Waals surface area contributed by atoms with E-state index in [4.69, 9.17) is 15.2 Å². The van der Waals surface area contributed by atoms with Crippen LogP contribution in [0.25, 0.3) is 0 Å². The van der Waals surface area contributed by atoms with Gasteiger partial charge in [-0.3, -0.25) is 14.7 Å². The van der Waals surface area contributed by atoms with Crippen molar-refractivity contribution < 1.29 is 76.3 Å². The molecule has 1 unspecified atom stereocenters. The molecule has 0 aromatic heterocycles. The molecule has 34 heavy (non-hydrogen) atoms. The molecule has 0 radical (unpaired) electrons.